The number of phenols is 1. The number of phenolic OH excluding ortho intramolecular Hbond substituents is 1. The third-order valence-electron chi connectivity index (χ3n) is 5.60. The zero-order chi connectivity index (χ0) is 18.6. The summed E-state index contributed by atoms with van der Waals surface area (Å²) in [6.07, 6.45) is 4.11. The number of rotatable bonds is 4. The molecule has 0 aliphatic carbocycles. The highest BCUT2D eigenvalue weighted by Gasteiger charge is 2.25. The maximum atomic E-state index is 12.8. The first-order valence-corrected chi connectivity index (χ1v) is 9.75. The first-order valence-electron chi connectivity index (χ1n) is 9.75. The van der Waals surface area contributed by atoms with Crippen molar-refractivity contribution in [2.24, 2.45) is 0 Å². The minimum Gasteiger partial charge on any atom is -0.506 e. The topological polar surface area (TPSA) is 73.6 Å². The molecule has 2 saturated heterocycles. The van der Waals surface area contributed by atoms with E-state index in [0.29, 0.717) is 31.3 Å². The summed E-state index contributed by atoms with van der Waals surface area (Å²) in [5.74, 6) is 0.840. The van der Waals surface area contributed by atoms with Gasteiger partial charge in [0.2, 0.25) is 5.91 Å². The van der Waals surface area contributed by atoms with Crippen molar-refractivity contribution in [1.29, 1.82) is 0 Å². The van der Waals surface area contributed by atoms with Crippen LogP contribution in [0.5, 0.6) is 5.75 Å². The Balaban J connectivity index is 0.00000150. The van der Waals surface area contributed by atoms with Crippen LogP contribution in [0.4, 0.5) is 5.69 Å². The van der Waals surface area contributed by atoms with Crippen molar-refractivity contribution >= 4 is 36.4 Å². The number of halogens is 2. The van der Waals surface area contributed by atoms with Crippen molar-refractivity contribution in [2.45, 2.75) is 25.3 Å². The van der Waals surface area contributed by atoms with Crippen molar-refractivity contribution in [3.63, 3.8) is 0 Å². The van der Waals surface area contributed by atoms with Gasteiger partial charge >= 0.3 is 0 Å². The monoisotopic (exact) mass is 441 g/mol. The molecule has 9 heteroatoms. The van der Waals surface area contributed by atoms with E-state index in [-0.39, 0.29) is 30.7 Å². The van der Waals surface area contributed by atoms with Crippen LogP contribution in [-0.2, 0) is 11.3 Å². The average molecular weight is 442 g/mol. The molecule has 2 aliphatic rings. The number of para-hydroxylation sites is 2. The van der Waals surface area contributed by atoms with E-state index in [9.17, 15) is 9.90 Å². The zero-order valence-electron chi connectivity index (χ0n) is 16.4. The molecular formula is C20H29Cl2N5O2. The molecule has 4 rings (SSSR count). The lowest BCUT2D eigenvalue weighted by Gasteiger charge is -2.36. The summed E-state index contributed by atoms with van der Waals surface area (Å²) in [7, 11) is 0. The normalized spacial score (nSPS) is 19.2. The SMILES string of the molecule is Cl.Cl.O=C(Cn1nccc1C1CCCNC1)N1CCN(c2ccccc2O)CC1. The van der Waals surface area contributed by atoms with Crippen LogP contribution in [-0.4, -0.2) is 65.0 Å². The average Bonchev–Trinajstić information content (AvgIpc) is 3.17. The number of piperidine rings is 1. The largest absolute Gasteiger partial charge is 0.506 e. The fourth-order valence-electron chi connectivity index (χ4n) is 4.08. The second kappa shape index (κ2) is 10.7. The highest BCUT2D eigenvalue weighted by atomic mass is 35.5. The first-order chi connectivity index (χ1) is 13.2. The molecule has 160 valence electrons. The summed E-state index contributed by atoms with van der Waals surface area (Å²) >= 11 is 0. The highest BCUT2D eigenvalue weighted by molar-refractivity contribution is 5.85. The van der Waals surface area contributed by atoms with Crippen LogP contribution >= 0.6 is 24.8 Å². The van der Waals surface area contributed by atoms with Gasteiger partial charge in [-0.05, 0) is 37.6 Å². The molecule has 3 heterocycles. The molecular weight excluding hydrogens is 413 g/mol. The lowest BCUT2D eigenvalue weighted by Crippen LogP contribution is -2.49. The molecule has 0 bridgehead atoms. The molecule has 1 aromatic heterocycles. The molecule has 0 saturated carbocycles. The Labute approximate surface area is 183 Å². The number of aromatic hydroxyl groups is 1. The van der Waals surface area contributed by atoms with Gasteiger partial charge in [-0.25, -0.2) is 0 Å². The van der Waals surface area contributed by atoms with Gasteiger partial charge < -0.3 is 20.2 Å². The van der Waals surface area contributed by atoms with E-state index in [2.05, 4.69) is 15.3 Å². The number of hydrogen-bond donors (Lipinski definition) is 2. The molecule has 2 aromatic rings. The smallest absolute Gasteiger partial charge is 0.244 e. The second-order valence-electron chi connectivity index (χ2n) is 7.31. The number of hydrogen-bond acceptors (Lipinski definition) is 5. The molecule has 2 N–H and O–H groups in total. The highest BCUT2D eigenvalue weighted by Crippen LogP contribution is 2.27. The number of piperazine rings is 1. The van der Waals surface area contributed by atoms with Gasteiger partial charge in [0.1, 0.15) is 12.3 Å². The van der Waals surface area contributed by atoms with E-state index in [1.54, 1.807) is 12.3 Å². The predicted molar refractivity (Wildman–Crippen MR) is 118 cm³/mol. The zero-order valence-corrected chi connectivity index (χ0v) is 18.0. The third kappa shape index (κ3) is 5.35. The molecule has 1 unspecified atom stereocenters. The Morgan fingerprint density at radius 2 is 1.90 bits per heavy atom. The van der Waals surface area contributed by atoms with Gasteiger partial charge in [-0.15, -0.1) is 24.8 Å². The Morgan fingerprint density at radius 1 is 1.14 bits per heavy atom. The molecule has 0 radical (unpaired) electrons. The number of carbonyl (C=O) groups excluding carboxylic acids is 1. The van der Waals surface area contributed by atoms with Gasteiger partial charge in [0.15, 0.2) is 0 Å². The molecule has 2 fully saturated rings. The van der Waals surface area contributed by atoms with Crippen LogP contribution in [0.3, 0.4) is 0 Å². The van der Waals surface area contributed by atoms with Gasteiger partial charge in [-0.2, -0.15) is 5.10 Å². The summed E-state index contributed by atoms with van der Waals surface area (Å²) < 4.78 is 1.87. The van der Waals surface area contributed by atoms with Gasteiger partial charge in [0, 0.05) is 50.5 Å². The van der Waals surface area contributed by atoms with E-state index < -0.39 is 0 Å². The summed E-state index contributed by atoms with van der Waals surface area (Å²) in [6, 6.07) is 9.41. The lowest BCUT2D eigenvalue weighted by molar-refractivity contribution is -0.132. The van der Waals surface area contributed by atoms with Crippen LogP contribution in [0.15, 0.2) is 36.5 Å². The number of aromatic nitrogens is 2. The van der Waals surface area contributed by atoms with Gasteiger partial charge in [-0.1, -0.05) is 12.1 Å². The van der Waals surface area contributed by atoms with Gasteiger partial charge in [-0.3, -0.25) is 9.48 Å². The number of nitrogens with zero attached hydrogens (tertiary/aromatic N) is 4. The molecule has 2 aliphatic heterocycles. The summed E-state index contributed by atoms with van der Waals surface area (Å²) in [4.78, 5) is 16.8. The Bertz CT molecular complexity index is 787. The van der Waals surface area contributed by atoms with Crippen LogP contribution in [0.1, 0.15) is 24.5 Å². The van der Waals surface area contributed by atoms with Crippen LogP contribution in [0.2, 0.25) is 0 Å². The lowest BCUT2D eigenvalue weighted by atomic mass is 9.96. The van der Waals surface area contributed by atoms with Crippen molar-refractivity contribution in [3.05, 3.63) is 42.2 Å². The van der Waals surface area contributed by atoms with Crippen molar-refractivity contribution < 1.29 is 9.90 Å². The number of nitrogens with one attached hydrogen (secondary N) is 1. The van der Waals surface area contributed by atoms with E-state index in [1.165, 1.54) is 0 Å². The maximum absolute atomic E-state index is 12.8. The minimum atomic E-state index is 0. The van der Waals surface area contributed by atoms with E-state index in [1.807, 2.05) is 33.8 Å². The Hall–Kier alpha value is -1.96. The molecule has 1 aromatic carbocycles. The molecule has 1 atom stereocenters. The summed E-state index contributed by atoms with van der Waals surface area (Å²) in [6.45, 7) is 5.10. The van der Waals surface area contributed by atoms with Crippen LogP contribution in [0, 0.1) is 0 Å². The van der Waals surface area contributed by atoms with Crippen molar-refractivity contribution in [3.8, 4) is 5.75 Å². The summed E-state index contributed by atoms with van der Waals surface area (Å²) in [5, 5.41) is 17.9. The quantitative estimate of drug-likeness (QED) is 0.760. The molecule has 0 spiro atoms. The van der Waals surface area contributed by atoms with Crippen molar-refractivity contribution in [1.82, 2.24) is 20.0 Å². The summed E-state index contributed by atoms with van der Waals surface area (Å²) in [5.41, 5.74) is 1.99. The molecule has 29 heavy (non-hydrogen) atoms. The molecule has 1 amide bonds. The Morgan fingerprint density at radius 3 is 2.59 bits per heavy atom. The maximum Gasteiger partial charge on any atom is 0.244 e. The minimum absolute atomic E-state index is 0. The first kappa shape index (κ1) is 23.3. The predicted octanol–water partition coefficient (Wildman–Crippen LogP) is 2.25. The fourth-order valence-corrected chi connectivity index (χ4v) is 4.08. The van der Waals surface area contributed by atoms with Gasteiger partial charge in [0.05, 0.1) is 5.69 Å². The number of benzene rings is 1. The van der Waals surface area contributed by atoms with Gasteiger partial charge in [0.25, 0.3) is 0 Å². The number of anilines is 1. The fraction of sp³-hybridized carbons (Fsp3) is 0.500. The number of amides is 1. The van der Waals surface area contributed by atoms with E-state index in [4.69, 9.17) is 0 Å². The van der Waals surface area contributed by atoms with E-state index in [0.717, 1.165) is 50.4 Å². The van der Waals surface area contributed by atoms with Crippen LogP contribution < -0.4 is 10.2 Å². The third-order valence-corrected chi connectivity index (χ3v) is 5.60. The standard InChI is InChI=1S/C20H27N5O2.2ClH/c26-19-6-2-1-5-18(19)23-10-12-24(13-11-23)20(27)15-25-17(7-9-22-25)16-4-3-8-21-14-16;;/h1-2,5-7,9,16,21,26H,3-4,8,10-15H2;2*1H. The second-order valence-corrected chi connectivity index (χ2v) is 7.31. The van der Waals surface area contributed by atoms with Crippen molar-refractivity contribution in [2.75, 3.05) is 44.2 Å². The van der Waals surface area contributed by atoms with E-state index >= 15 is 0 Å². The molecule has 7 nitrogen and oxygen atoms in total. The Kier molecular flexibility index (Phi) is 8.61. The van der Waals surface area contributed by atoms with Crippen LogP contribution in [0.25, 0.3) is 0 Å². The number of carbonyl (C=O) groups is 1.